The molecule has 2 amide bonds. The highest BCUT2D eigenvalue weighted by Crippen LogP contribution is 2.37. The summed E-state index contributed by atoms with van der Waals surface area (Å²) in [4.78, 5) is 39.4. The minimum absolute atomic E-state index is 0.0500. The van der Waals surface area contributed by atoms with E-state index in [1.165, 1.54) is 19.3 Å². The van der Waals surface area contributed by atoms with Crippen molar-refractivity contribution >= 4 is 69.8 Å². The van der Waals surface area contributed by atoms with Gasteiger partial charge in [-0.05, 0) is 65.9 Å². The molecule has 0 radical (unpaired) electrons. The minimum atomic E-state index is -0.625. The first-order valence-electron chi connectivity index (χ1n) is 10.1. The number of esters is 1. The number of halogens is 3. The van der Waals surface area contributed by atoms with Crippen LogP contribution in [-0.2, 0) is 11.3 Å². The van der Waals surface area contributed by atoms with Gasteiger partial charge in [-0.3, -0.25) is 14.5 Å². The molecule has 6 nitrogen and oxygen atoms in total. The number of ether oxygens (including phenoxy) is 2. The van der Waals surface area contributed by atoms with Gasteiger partial charge in [0.05, 0.1) is 24.1 Å². The minimum Gasteiger partial charge on any atom is -0.493 e. The second-order valence-electron chi connectivity index (χ2n) is 7.28. The van der Waals surface area contributed by atoms with Gasteiger partial charge in [0.2, 0.25) is 0 Å². The Morgan fingerprint density at radius 3 is 2.37 bits per heavy atom. The van der Waals surface area contributed by atoms with E-state index in [4.69, 9.17) is 44.3 Å². The van der Waals surface area contributed by atoms with E-state index in [1.54, 1.807) is 54.6 Å². The van der Waals surface area contributed by atoms with Crippen molar-refractivity contribution in [2.24, 2.45) is 0 Å². The Hall–Kier alpha value is -2.97. The van der Waals surface area contributed by atoms with Crippen LogP contribution in [0.4, 0.5) is 4.79 Å². The van der Waals surface area contributed by atoms with Crippen LogP contribution in [0.15, 0.2) is 65.6 Å². The summed E-state index contributed by atoms with van der Waals surface area (Å²) >= 11 is 19.1. The number of hydrogen-bond donors (Lipinski definition) is 0. The van der Waals surface area contributed by atoms with Crippen molar-refractivity contribution in [3.05, 3.63) is 97.3 Å². The van der Waals surface area contributed by atoms with Crippen molar-refractivity contribution < 1.29 is 23.9 Å². The Morgan fingerprint density at radius 1 is 0.971 bits per heavy atom. The van der Waals surface area contributed by atoms with Crippen LogP contribution < -0.4 is 9.47 Å². The normalized spacial score (nSPS) is 14.5. The zero-order valence-corrected chi connectivity index (χ0v) is 21.2. The first-order valence-corrected chi connectivity index (χ1v) is 12.1. The summed E-state index contributed by atoms with van der Waals surface area (Å²) in [5, 5.41) is 0.677. The van der Waals surface area contributed by atoms with E-state index < -0.39 is 17.1 Å². The highest BCUT2D eigenvalue weighted by atomic mass is 35.5. The molecule has 0 saturated carbocycles. The highest BCUT2D eigenvalue weighted by molar-refractivity contribution is 8.18. The van der Waals surface area contributed by atoms with Crippen LogP contribution in [0.5, 0.6) is 11.5 Å². The Labute approximate surface area is 220 Å². The standard InChI is InChI=1S/C25H16Cl3NO5S/c1-33-20-9-8-14(10-21(20)34-24(31)15-4-2-5-16(26)12-15)11-22-23(30)29(25(32)35-22)13-17-18(27)6-3-7-19(17)28/h2-12H,13H2,1H3/b22-11-. The summed E-state index contributed by atoms with van der Waals surface area (Å²) in [5.41, 5.74) is 1.28. The summed E-state index contributed by atoms with van der Waals surface area (Å²) in [6, 6.07) is 16.1. The fourth-order valence-corrected chi connectivity index (χ4v) is 4.81. The number of rotatable bonds is 6. The van der Waals surface area contributed by atoms with Gasteiger partial charge in [0, 0.05) is 20.6 Å². The number of benzene rings is 3. The fourth-order valence-electron chi connectivity index (χ4n) is 3.27. The molecule has 3 aromatic rings. The second kappa shape index (κ2) is 10.7. The lowest BCUT2D eigenvalue weighted by Gasteiger charge is -2.14. The van der Waals surface area contributed by atoms with Crippen molar-refractivity contribution in [2.75, 3.05) is 7.11 Å². The maximum atomic E-state index is 13.0. The van der Waals surface area contributed by atoms with Gasteiger partial charge in [-0.15, -0.1) is 0 Å². The van der Waals surface area contributed by atoms with Crippen molar-refractivity contribution in [3.63, 3.8) is 0 Å². The van der Waals surface area contributed by atoms with Crippen LogP contribution in [0.1, 0.15) is 21.5 Å². The molecule has 0 spiro atoms. The van der Waals surface area contributed by atoms with E-state index in [9.17, 15) is 14.4 Å². The summed E-state index contributed by atoms with van der Waals surface area (Å²) in [6.45, 7) is -0.0500. The predicted octanol–water partition coefficient (Wildman–Crippen LogP) is 7.11. The predicted molar refractivity (Wildman–Crippen MR) is 137 cm³/mol. The molecule has 1 fully saturated rings. The topological polar surface area (TPSA) is 72.9 Å². The maximum Gasteiger partial charge on any atom is 0.343 e. The molecular formula is C25H16Cl3NO5S. The summed E-state index contributed by atoms with van der Waals surface area (Å²) < 4.78 is 10.8. The van der Waals surface area contributed by atoms with E-state index in [-0.39, 0.29) is 22.8 Å². The maximum absolute atomic E-state index is 13.0. The van der Waals surface area contributed by atoms with Crippen LogP contribution in [0.2, 0.25) is 15.1 Å². The first kappa shape index (κ1) is 25.1. The molecule has 0 bridgehead atoms. The third-order valence-electron chi connectivity index (χ3n) is 5.00. The van der Waals surface area contributed by atoms with Crippen LogP contribution in [-0.4, -0.2) is 29.1 Å². The lowest BCUT2D eigenvalue weighted by molar-refractivity contribution is -0.123. The zero-order chi connectivity index (χ0) is 25.1. The molecule has 4 rings (SSSR count). The molecule has 0 unspecified atom stereocenters. The van der Waals surface area contributed by atoms with Gasteiger partial charge in [0.25, 0.3) is 11.1 Å². The molecule has 1 aliphatic heterocycles. The number of imide groups is 1. The third kappa shape index (κ3) is 5.65. The van der Waals surface area contributed by atoms with Crippen molar-refractivity contribution in [1.29, 1.82) is 0 Å². The molecule has 10 heteroatoms. The summed E-state index contributed by atoms with van der Waals surface area (Å²) in [7, 11) is 1.44. The first-order chi connectivity index (χ1) is 16.8. The SMILES string of the molecule is COc1ccc(/C=C2\SC(=O)N(Cc3c(Cl)cccc3Cl)C2=O)cc1OC(=O)c1cccc(Cl)c1. The van der Waals surface area contributed by atoms with E-state index in [0.29, 0.717) is 31.9 Å². The molecule has 0 N–H and O–H groups in total. The second-order valence-corrected chi connectivity index (χ2v) is 9.52. The third-order valence-corrected chi connectivity index (χ3v) is 6.85. The van der Waals surface area contributed by atoms with Crippen LogP contribution in [0.3, 0.4) is 0 Å². The lowest BCUT2D eigenvalue weighted by atomic mass is 10.1. The van der Waals surface area contributed by atoms with E-state index in [2.05, 4.69) is 0 Å². The monoisotopic (exact) mass is 547 g/mol. The number of carbonyl (C=O) groups is 3. The molecule has 1 saturated heterocycles. The molecular weight excluding hydrogens is 533 g/mol. The molecule has 0 atom stereocenters. The van der Waals surface area contributed by atoms with E-state index in [1.807, 2.05) is 0 Å². The largest absolute Gasteiger partial charge is 0.493 e. The van der Waals surface area contributed by atoms with Gasteiger partial charge >= 0.3 is 5.97 Å². The molecule has 35 heavy (non-hydrogen) atoms. The van der Waals surface area contributed by atoms with Crippen molar-refractivity contribution in [1.82, 2.24) is 4.90 Å². The van der Waals surface area contributed by atoms with Crippen molar-refractivity contribution in [2.45, 2.75) is 6.54 Å². The molecule has 0 aliphatic carbocycles. The van der Waals surface area contributed by atoms with E-state index in [0.717, 1.165) is 16.7 Å². The Balaban J connectivity index is 1.58. The quantitative estimate of drug-likeness (QED) is 0.186. The molecule has 0 aromatic heterocycles. The summed E-state index contributed by atoms with van der Waals surface area (Å²) in [5.74, 6) is -0.642. The van der Waals surface area contributed by atoms with Crippen molar-refractivity contribution in [3.8, 4) is 11.5 Å². The fraction of sp³-hybridized carbons (Fsp3) is 0.0800. The van der Waals surface area contributed by atoms with Crippen LogP contribution in [0, 0.1) is 0 Å². The zero-order valence-electron chi connectivity index (χ0n) is 18.1. The molecule has 1 heterocycles. The number of methoxy groups -OCH3 is 1. The number of carbonyl (C=O) groups excluding carboxylic acids is 3. The number of nitrogens with zero attached hydrogens (tertiary/aromatic N) is 1. The number of hydrogen-bond acceptors (Lipinski definition) is 6. The summed E-state index contributed by atoms with van der Waals surface area (Å²) in [6.07, 6.45) is 1.54. The van der Waals surface area contributed by atoms with Gasteiger partial charge in [0.1, 0.15) is 0 Å². The van der Waals surface area contributed by atoms with E-state index >= 15 is 0 Å². The van der Waals surface area contributed by atoms with Gasteiger partial charge in [0.15, 0.2) is 11.5 Å². The molecule has 178 valence electrons. The Bertz CT molecular complexity index is 1350. The Kier molecular flexibility index (Phi) is 7.72. The van der Waals surface area contributed by atoms with Gasteiger partial charge in [-0.1, -0.05) is 53.0 Å². The number of amides is 2. The van der Waals surface area contributed by atoms with Crippen LogP contribution in [0.25, 0.3) is 6.08 Å². The Morgan fingerprint density at radius 2 is 1.69 bits per heavy atom. The molecule has 3 aromatic carbocycles. The smallest absolute Gasteiger partial charge is 0.343 e. The average Bonchev–Trinajstić information content (AvgIpc) is 3.08. The average molecular weight is 549 g/mol. The van der Waals surface area contributed by atoms with Crippen LogP contribution >= 0.6 is 46.6 Å². The number of thioether (sulfide) groups is 1. The van der Waals surface area contributed by atoms with Gasteiger partial charge in [-0.2, -0.15) is 0 Å². The lowest BCUT2D eigenvalue weighted by Crippen LogP contribution is -2.27. The van der Waals surface area contributed by atoms with Gasteiger partial charge < -0.3 is 9.47 Å². The molecule has 1 aliphatic rings. The van der Waals surface area contributed by atoms with Gasteiger partial charge in [-0.25, -0.2) is 4.79 Å². The highest BCUT2D eigenvalue weighted by Gasteiger charge is 2.35.